The van der Waals surface area contributed by atoms with Crippen molar-refractivity contribution in [1.82, 2.24) is 24.5 Å². The first-order valence-corrected chi connectivity index (χ1v) is 10.9. The lowest BCUT2D eigenvalue weighted by atomic mass is 10.1. The van der Waals surface area contributed by atoms with Crippen molar-refractivity contribution >= 4 is 11.6 Å². The Balaban J connectivity index is 1.35. The van der Waals surface area contributed by atoms with Gasteiger partial charge in [0, 0.05) is 30.1 Å². The van der Waals surface area contributed by atoms with Crippen molar-refractivity contribution in [2.45, 2.75) is 25.1 Å². The minimum absolute atomic E-state index is 0.138. The average Bonchev–Trinajstić information content (AvgIpc) is 3.57. The second-order valence-electron chi connectivity index (χ2n) is 8.28. The van der Waals surface area contributed by atoms with E-state index in [1.54, 1.807) is 24.4 Å². The van der Waals surface area contributed by atoms with Crippen LogP contribution in [0.2, 0.25) is 0 Å². The summed E-state index contributed by atoms with van der Waals surface area (Å²) in [7, 11) is 0. The maximum Gasteiger partial charge on any atom is 0.405 e. The fourth-order valence-corrected chi connectivity index (χ4v) is 4.08. The summed E-state index contributed by atoms with van der Waals surface area (Å²) in [6.45, 7) is 0.0867. The smallest absolute Gasteiger partial charge is 0.379 e. The Bertz CT molecular complexity index is 1320. The zero-order chi connectivity index (χ0) is 23.7. The Kier molecular flexibility index (Phi) is 5.82. The van der Waals surface area contributed by atoms with Gasteiger partial charge in [-0.15, -0.1) is 0 Å². The fraction of sp³-hybridized carbons (Fsp3) is 0.292. The van der Waals surface area contributed by atoms with Crippen LogP contribution in [-0.2, 0) is 16.0 Å². The van der Waals surface area contributed by atoms with E-state index in [2.05, 4.69) is 10.1 Å². The van der Waals surface area contributed by atoms with Crippen LogP contribution in [0.5, 0.6) is 0 Å². The van der Waals surface area contributed by atoms with Crippen molar-refractivity contribution in [2.24, 2.45) is 0 Å². The molecule has 1 aliphatic heterocycles. The minimum atomic E-state index is -4.43. The molecule has 1 fully saturated rings. The number of halogens is 3. The standard InChI is InChI=1S/C24H22F3N5O2/c25-24(26,27)15-29-23(33)9-16-2-1-3-18(8-16)21-12-28-22-10-17(4-6-31(21)22)19-11-30-32(13-19)20-5-7-34-14-20/h1-4,6,8,10-13,20H,5,7,9,14-15H2,(H,29,33). The van der Waals surface area contributed by atoms with Gasteiger partial charge in [0.25, 0.3) is 0 Å². The molecule has 5 rings (SSSR count). The first-order valence-electron chi connectivity index (χ1n) is 10.9. The second kappa shape index (κ2) is 8.94. The van der Waals surface area contributed by atoms with Gasteiger partial charge in [0.05, 0.1) is 37.2 Å². The highest BCUT2D eigenvalue weighted by atomic mass is 19.4. The molecule has 4 aromatic rings. The number of rotatable bonds is 6. The van der Waals surface area contributed by atoms with Gasteiger partial charge in [-0.3, -0.25) is 13.9 Å². The number of ether oxygens (including phenoxy) is 1. The van der Waals surface area contributed by atoms with Gasteiger partial charge in [-0.2, -0.15) is 18.3 Å². The lowest BCUT2D eigenvalue weighted by molar-refractivity contribution is -0.138. The normalized spacial score (nSPS) is 16.3. The monoisotopic (exact) mass is 469 g/mol. The fourth-order valence-electron chi connectivity index (χ4n) is 4.08. The van der Waals surface area contributed by atoms with E-state index in [1.807, 2.05) is 51.2 Å². The molecule has 176 valence electrons. The van der Waals surface area contributed by atoms with Crippen LogP contribution < -0.4 is 5.32 Å². The number of fused-ring (bicyclic) bond motifs is 1. The Labute approximate surface area is 193 Å². The molecule has 1 aliphatic rings. The van der Waals surface area contributed by atoms with Crippen molar-refractivity contribution in [3.8, 4) is 22.4 Å². The second-order valence-corrected chi connectivity index (χ2v) is 8.28. The van der Waals surface area contributed by atoms with Crippen molar-refractivity contribution < 1.29 is 22.7 Å². The lowest BCUT2D eigenvalue weighted by Gasteiger charge is -2.09. The first kappa shape index (κ1) is 22.1. The number of benzene rings is 1. The van der Waals surface area contributed by atoms with Crippen molar-refractivity contribution in [2.75, 3.05) is 19.8 Å². The molecule has 34 heavy (non-hydrogen) atoms. The number of nitrogens with one attached hydrogen (secondary N) is 1. The minimum Gasteiger partial charge on any atom is -0.379 e. The van der Waals surface area contributed by atoms with E-state index in [4.69, 9.17) is 4.74 Å². The number of imidazole rings is 1. The predicted molar refractivity (Wildman–Crippen MR) is 119 cm³/mol. The zero-order valence-corrected chi connectivity index (χ0v) is 18.1. The van der Waals surface area contributed by atoms with E-state index >= 15 is 0 Å². The van der Waals surface area contributed by atoms with Crippen LogP contribution in [0.3, 0.4) is 0 Å². The number of alkyl halides is 3. The van der Waals surface area contributed by atoms with Gasteiger partial charge in [0.15, 0.2) is 0 Å². The third-order valence-corrected chi connectivity index (χ3v) is 5.80. The van der Waals surface area contributed by atoms with E-state index in [1.165, 1.54) is 0 Å². The van der Waals surface area contributed by atoms with Gasteiger partial charge in [0.1, 0.15) is 12.2 Å². The number of carbonyl (C=O) groups is 1. The molecule has 1 saturated heterocycles. The molecule has 1 unspecified atom stereocenters. The Morgan fingerprint density at radius 2 is 2.03 bits per heavy atom. The van der Waals surface area contributed by atoms with E-state index in [-0.39, 0.29) is 12.5 Å². The maximum atomic E-state index is 12.3. The average molecular weight is 469 g/mol. The highest BCUT2D eigenvalue weighted by Gasteiger charge is 2.27. The van der Waals surface area contributed by atoms with Crippen LogP contribution in [0, 0.1) is 0 Å². The van der Waals surface area contributed by atoms with E-state index in [9.17, 15) is 18.0 Å². The van der Waals surface area contributed by atoms with Gasteiger partial charge >= 0.3 is 6.18 Å². The number of hydrogen-bond acceptors (Lipinski definition) is 4. The highest BCUT2D eigenvalue weighted by molar-refractivity contribution is 5.79. The van der Waals surface area contributed by atoms with E-state index in [0.29, 0.717) is 12.2 Å². The molecular weight excluding hydrogens is 447 g/mol. The SMILES string of the molecule is O=C(Cc1cccc(-c2cnc3cc(-c4cnn(C5CCOC5)c4)ccn23)c1)NCC(F)(F)F. The molecule has 0 radical (unpaired) electrons. The van der Waals surface area contributed by atoms with Crippen molar-refractivity contribution in [3.05, 3.63) is 66.7 Å². The summed E-state index contributed by atoms with van der Waals surface area (Å²) in [6, 6.07) is 11.4. The molecule has 1 atom stereocenters. The molecule has 7 nitrogen and oxygen atoms in total. The number of hydrogen-bond donors (Lipinski definition) is 1. The van der Waals surface area contributed by atoms with E-state index < -0.39 is 18.6 Å². The molecule has 1 amide bonds. The Morgan fingerprint density at radius 3 is 2.82 bits per heavy atom. The summed E-state index contributed by atoms with van der Waals surface area (Å²) >= 11 is 0. The van der Waals surface area contributed by atoms with Crippen LogP contribution in [0.1, 0.15) is 18.0 Å². The molecule has 1 N–H and O–H groups in total. The summed E-state index contributed by atoms with van der Waals surface area (Å²) in [5, 5.41) is 6.38. The van der Waals surface area contributed by atoms with Crippen LogP contribution in [-0.4, -0.2) is 51.0 Å². The summed E-state index contributed by atoms with van der Waals surface area (Å²) in [4.78, 5) is 16.4. The highest BCUT2D eigenvalue weighted by Crippen LogP contribution is 2.27. The topological polar surface area (TPSA) is 73.5 Å². The van der Waals surface area contributed by atoms with Crippen LogP contribution in [0.15, 0.2) is 61.2 Å². The molecule has 10 heteroatoms. The maximum absolute atomic E-state index is 12.3. The molecule has 0 saturated carbocycles. The van der Waals surface area contributed by atoms with Gasteiger partial charge in [-0.05, 0) is 35.7 Å². The number of carbonyl (C=O) groups excluding carboxylic acids is 1. The summed E-state index contributed by atoms with van der Waals surface area (Å²) in [6.07, 6.45) is 3.89. The zero-order valence-electron chi connectivity index (χ0n) is 18.1. The third-order valence-electron chi connectivity index (χ3n) is 5.80. The number of aromatic nitrogens is 4. The van der Waals surface area contributed by atoms with Gasteiger partial charge in [0.2, 0.25) is 5.91 Å². The molecule has 0 spiro atoms. The Morgan fingerprint density at radius 1 is 1.15 bits per heavy atom. The van der Waals surface area contributed by atoms with Gasteiger partial charge < -0.3 is 10.1 Å². The van der Waals surface area contributed by atoms with Crippen molar-refractivity contribution in [3.63, 3.8) is 0 Å². The molecule has 0 bridgehead atoms. The molecular formula is C24H22F3N5O2. The quantitative estimate of drug-likeness (QED) is 0.463. The molecule has 4 heterocycles. The molecule has 0 aliphatic carbocycles. The van der Waals surface area contributed by atoms with Crippen LogP contribution >= 0.6 is 0 Å². The summed E-state index contributed by atoms with van der Waals surface area (Å²) in [5.74, 6) is -0.679. The molecule has 3 aromatic heterocycles. The van der Waals surface area contributed by atoms with E-state index in [0.717, 1.165) is 41.1 Å². The number of pyridine rings is 1. The number of amides is 1. The Hall–Kier alpha value is -3.66. The van der Waals surface area contributed by atoms with Gasteiger partial charge in [-0.1, -0.05) is 18.2 Å². The summed E-state index contributed by atoms with van der Waals surface area (Å²) in [5.41, 5.74) is 4.98. The van der Waals surface area contributed by atoms with Gasteiger partial charge in [-0.25, -0.2) is 4.98 Å². The lowest BCUT2D eigenvalue weighted by Crippen LogP contribution is -2.34. The first-order chi connectivity index (χ1) is 16.4. The van der Waals surface area contributed by atoms with Crippen LogP contribution in [0.25, 0.3) is 28.0 Å². The van der Waals surface area contributed by atoms with Crippen LogP contribution in [0.4, 0.5) is 13.2 Å². The van der Waals surface area contributed by atoms with Crippen molar-refractivity contribution in [1.29, 1.82) is 0 Å². The largest absolute Gasteiger partial charge is 0.405 e. The predicted octanol–water partition coefficient (Wildman–Crippen LogP) is 4.05. The third kappa shape index (κ3) is 4.81. The number of nitrogens with zero attached hydrogens (tertiary/aromatic N) is 4. The molecule has 1 aromatic carbocycles. The summed E-state index contributed by atoms with van der Waals surface area (Å²) < 4.78 is 46.3.